The summed E-state index contributed by atoms with van der Waals surface area (Å²) in [5.74, 6) is 1.24. The number of benzene rings is 1. The predicted octanol–water partition coefficient (Wildman–Crippen LogP) is 3.47. The Hall–Kier alpha value is -2.07. The van der Waals surface area contributed by atoms with E-state index < -0.39 is 0 Å². The molecule has 2 atom stereocenters. The van der Waals surface area contributed by atoms with Crippen LogP contribution in [0.25, 0.3) is 0 Å². The van der Waals surface area contributed by atoms with E-state index in [0.29, 0.717) is 12.5 Å². The molecule has 0 radical (unpaired) electrons. The van der Waals surface area contributed by atoms with Crippen LogP contribution < -0.4 is 5.32 Å². The highest BCUT2D eigenvalue weighted by Gasteiger charge is 2.27. The Morgan fingerprint density at radius 3 is 2.83 bits per heavy atom. The average Bonchev–Trinajstić information content (AvgIpc) is 3.22. The maximum absolute atomic E-state index is 12.4. The van der Waals surface area contributed by atoms with Crippen LogP contribution in [-0.4, -0.2) is 29.9 Å². The summed E-state index contributed by atoms with van der Waals surface area (Å²) >= 11 is 0. The fourth-order valence-corrected chi connectivity index (χ4v) is 3.43. The van der Waals surface area contributed by atoms with Gasteiger partial charge in [0.1, 0.15) is 5.76 Å². The zero-order chi connectivity index (χ0) is 16.9. The number of hydrogen-bond acceptors (Lipinski definition) is 3. The molecule has 1 aliphatic rings. The molecule has 2 aromatic rings. The van der Waals surface area contributed by atoms with E-state index in [1.165, 1.54) is 11.1 Å². The normalized spacial score (nSPS) is 18.8. The molecular formula is C20H26N2O2. The Kier molecular flexibility index (Phi) is 5.36. The van der Waals surface area contributed by atoms with E-state index in [-0.39, 0.29) is 11.9 Å². The lowest BCUT2D eigenvalue weighted by Gasteiger charge is -2.20. The average molecular weight is 326 g/mol. The van der Waals surface area contributed by atoms with Crippen LogP contribution in [0.3, 0.4) is 0 Å². The maximum atomic E-state index is 12.4. The molecule has 4 nitrogen and oxygen atoms in total. The van der Waals surface area contributed by atoms with Crippen LogP contribution in [0.2, 0.25) is 0 Å². The van der Waals surface area contributed by atoms with Crippen molar-refractivity contribution >= 4 is 5.91 Å². The van der Waals surface area contributed by atoms with E-state index in [1.54, 1.807) is 6.26 Å². The SMILES string of the molecule is Cc1ccoc1[C@H](C)N[C@H]1CCN(C(=O)CCc2ccccc2)C1. The molecule has 1 aromatic heterocycles. The molecule has 1 amide bonds. The van der Waals surface area contributed by atoms with Gasteiger partial charge >= 0.3 is 0 Å². The second-order valence-electron chi connectivity index (χ2n) is 6.67. The number of carbonyl (C=O) groups is 1. The molecule has 2 heterocycles. The smallest absolute Gasteiger partial charge is 0.222 e. The van der Waals surface area contributed by atoms with Crippen molar-refractivity contribution in [3.63, 3.8) is 0 Å². The quantitative estimate of drug-likeness (QED) is 0.884. The molecule has 0 bridgehead atoms. The van der Waals surface area contributed by atoms with E-state index in [0.717, 1.165) is 31.7 Å². The van der Waals surface area contributed by atoms with Crippen molar-refractivity contribution in [1.82, 2.24) is 10.2 Å². The van der Waals surface area contributed by atoms with Crippen molar-refractivity contribution in [1.29, 1.82) is 0 Å². The van der Waals surface area contributed by atoms with Crippen molar-refractivity contribution in [3.8, 4) is 0 Å². The second kappa shape index (κ2) is 7.67. The molecule has 3 rings (SSSR count). The molecule has 0 spiro atoms. The van der Waals surface area contributed by atoms with Crippen molar-refractivity contribution in [2.45, 2.75) is 45.2 Å². The Morgan fingerprint density at radius 2 is 2.12 bits per heavy atom. The van der Waals surface area contributed by atoms with Crippen LogP contribution in [-0.2, 0) is 11.2 Å². The van der Waals surface area contributed by atoms with Gasteiger partial charge in [0.15, 0.2) is 0 Å². The van der Waals surface area contributed by atoms with Crippen LogP contribution in [0.15, 0.2) is 47.1 Å². The van der Waals surface area contributed by atoms with Crippen LogP contribution in [0.1, 0.15) is 42.7 Å². The lowest BCUT2D eigenvalue weighted by molar-refractivity contribution is -0.130. The van der Waals surface area contributed by atoms with Gasteiger partial charge in [-0.2, -0.15) is 0 Å². The van der Waals surface area contributed by atoms with Gasteiger partial charge in [-0.15, -0.1) is 0 Å². The van der Waals surface area contributed by atoms with Gasteiger partial charge in [-0.1, -0.05) is 30.3 Å². The lowest BCUT2D eigenvalue weighted by Crippen LogP contribution is -2.36. The zero-order valence-corrected chi connectivity index (χ0v) is 14.5. The Labute approximate surface area is 143 Å². The number of furan rings is 1. The van der Waals surface area contributed by atoms with Gasteiger partial charge in [0.2, 0.25) is 5.91 Å². The van der Waals surface area contributed by atoms with Gasteiger partial charge in [-0.3, -0.25) is 4.79 Å². The van der Waals surface area contributed by atoms with Crippen molar-refractivity contribution in [3.05, 3.63) is 59.5 Å². The number of nitrogens with one attached hydrogen (secondary N) is 1. The molecule has 128 valence electrons. The summed E-state index contributed by atoms with van der Waals surface area (Å²) in [5.41, 5.74) is 2.39. The summed E-state index contributed by atoms with van der Waals surface area (Å²) in [6.07, 6.45) is 4.14. The number of nitrogens with zero attached hydrogens (tertiary/aromatic N) is 1. The number of carbonyl (C=O) groups excluding carboxylic acids is 1. The third-order valence-electron chi connectivity index (χ3n) is 4.79. The van der Waals surface area contributed by atoms with Gasteiger partial charge in [0, 0.05) is 25.6 Å². The maximum Gasteiger partial charge on any atom is 0.222 e. The Balaban J connectivity index is 1.46. The predicted molar refractivity (Wildman–Crippen MR) is 94.7 cm³/mol. The lowest BCUT2D eigenvalue weighted by atomic mass is 10.1. The van der Waals surface area contributed by atoms with Gasteiger partial charge in [0.05, 0.1) is 12.3 Å². The Bertz CT molecular complexity index is 665. The number of aryl methyl sites for hydroxylation is 2. The highest BCUT2D eigenvalue weighted by atomic mass is 16.3. The second-order valence-corrected chi connectivity index (χ2v) is 6.67. The molecule has 1 saturated heterocycles. The van der Waals surface area contributed by atoms with Gasteiger partial charge < -0.3 is 14.6 Å². The fourth-order valence-electron chi connectivity index (χ4n) is 3.43. The highest BCUT2D eigenvalue weighted by Crippen LogP contribution is 2.21. The topological polar surface area (TPSA) is 45.5 Å². The van der Waals surface area contributed by atoms with Crippen molar-refractivity contribution in [2.24, 2.45) is 0 Å². The van der Waals surface area contributed by atoms with Gasteiger partial charge in [-0.05, 0) is 43.9 Å². The van der Waals surface area contributed by atoms with Crippen LogP contribution in [0.5, 0.6) is 0 Å². The first-order chi connectivity index (χ1) is 11.6. The third kappa shape index (κ3) is 4.06. The summed E-state index contributed by atoms with van der Waals surface area (Å²) in [4.78, 5) is 14.4. The molecule has 1 aromatic carbocycles. The molecule has 0 saturated carbocycles. The molecule has 24 heavy (non-hydrogen) atoms. The Morgan fingerprint density at radius 1 is 1.33 bits per heavy atom. The summed E-state index contributed by atoms with van der Waals surface area (Å²) in [6.45, 7) is 5.81. The first-order valence-electron chi connectivity index (χ1n) is 8.75. The third-order valence-corrected chi connectivity index (χ3v) is 4.79. The summed E-state index contributed by atoms with van der Waals surface area (Å²) in [5, 5.41) is 3.59. The summed E-state index contributed by atoms with van der Waals surface area (Å²) < 4.78 is 5.56. The minimum atomic E-state index is 0.171. The number of amides is 1. The van der Waals surface area contributed by atoms with Gasteiger partial charge in [0.25, 0.3) is 0 Å². The number of hydrogen-bond donors (Lipinski definition) is 1. The largest absolute Gasteiger partial charge is 0.467 e. The summed E-state index contributed by atoms with van der Waals surface area (Å²) in [7, 11) is 0. The number of likely N-dealkylation sites (tertiary alicyclic amines) is 1. The van der Waals surface area contributed by atoms with Crippen LogP contribution in [0, 0.1) is 6.92 Å². The minimum absolute atomic E-state index is 0.171. The van der Waals surface area contributed by atoms with E-state index in [2.05, 4.69) is 31.3 Å². The van der Waals surface area contributed by atoms with Gasteiger partial charge in [-0.25, -0.2) is 0 Å². The minimum Gasteiger partial charge on any atom is -0.467 e. The molecular weight excluding hydrogens is 300 g/mol. The molecule has 1 aliphatic heterocycles. The highest BCUT2D eigenvalue weighted by molar-refractivity contribution is 5.76. The zero-order valence-electron chi connectivity index (χ0n) is 14.5. The first kappa shape index (κ1) is 16.8. The monoisotopic (exact) mass is 326 g/mol. The molecule has 4 heteroatoms. The molecule has 1 fully saturated rings. The van der Waals surface area contributed by atoms with Crippen molar-refractivity contribution < 1.29 is 9.21 Å². The van der Waals surface area contributed by atoms with Crippen molar-refractivity contribution in [2.75, 3.05) is 13.1 Å². The van der Waals surface area contributed by atoms with E-state index >= 15 is 0 Å². The molecule has 0 aliphatic carbocycles. The fraction of sp³-hybridized carbons (Fsp3) is 0.450. The molecule has 1 N–H and O–H groups in total. The van der Waals surface area contributed by atoms with E-state index in [1.807, 2.05) is 29.2 Å². The van der Waals surface area contributed by atoms with Crippen LogP contribution in [0.4, 0.5) is 0 Å². The first-order valence-corrected chi connectivity index (χ1v) is 8.75. The standard InChI is InChI=1S/C20H26N2O2/c1-15-11-13-24-20(15)16(2)21-18-10-12-22(14-18)19(23)9-8-17-6-4-3-5-7-17/h3-7,11,13,16,18,21H,8-10,12,14H2,1-2H3/t16-,18-/m0/s1. The van der Waals surface area contributed by atoms with E-state index in [4.69, 9.17) is 4.42 Å². The van der Waals surface area contributed by atoms with Crippen LogP contribution >= 0.6 is 0 Å². The molecule has 0 unspecified atom stereocenters. The summed E-state index contributed by atoms with van der Waals surface area (Å²) in [6, 6.07) is 12.7. The number of rotatable bonds is 6. The van der Waals surface area contributed by atoms with E-state index in [9.17, 15) is 4.79 Å².